The predicted octanol–water partition coefficient (Wildman–Crippen LogP) is 2.22. The first-order valence-electron chi connectivity index (χ1n) is 6.76. The lowest BCUT2D eigenvalue weighted by atomic mass is 10.0. The molecule has 2 rings (SSSR count). The molecule has 0 spiro atoms. The Hall–Kier alpha value is -1.91. The van der Waals surface area contributed by atoms with Crippen molar-refractivity contribution in [3.8, 4) is 0 Å². The molecular formula is C16H22N2O2. The quantitative estimate of drug-likeness (QED) is 0.655. The average Bonchev–Trinajstić information content (AvgIpc) is 2.50. The van der Waals surface area contributed by atoms with Gasteiger partial charge in [0.25, 0.3) is 0 Å². The summed E-state index contributed by atoms with van der Waals surface area (Å²) in [4.78, 5) is 0. The Morgan fingerprint density at radius 2 is 2.00 bits per heavy atom. The minimum atomic E-state index is -0.921. The molecule has 1 aliphatic rings. The summed E-state index contributed by atoms with van der Waals surface area (Å²) in [6.45, 7) is 3.77. The number of aliphatic hydroxyl groups is 1. The summed E-state index contributed by atoms with van der Waals surface area (Å²) in [5, 5.41) is 24.3. The summed E-state index contributed by atoms with van der Waals surface area (Å²) in [7, 11) is 0. The molecule has 0 bridgehead atoms. The van der Waals surface area contributed by atoms with Crippen LogP contribution in [0.25, 0.3) is 0 Å². The van der Waals surface area contributed by atoms with Crippen LogP contribution in [0, 0.1) is 5.21 Å². The Labute approximate surface area is 120 Å². The van der Waals surface area contributed by atoms with Crippen LogP contribution >= 0.6 is 0 Å². The number of allylic oxidation sites excluding steroid dienone is 2. The normalized spacial score (nSPS) is 21.2. The molecule has 4 nitrogen and oxygen atoms in total. The second kappa shape index (κ2) is 8.30. The predicted molar refractivity (Wildman–Crippen MR) is 81.9 cm³/mol. The van der Waals surface area contributed by atoms with Crippen molar-refractivity contribution < 1.29 is 10.4 Å². The van der Waals surface area contributed by atoms with E-state index in [0.717, 1.165) is 18.4 Å². The molecule has 0 aliphatic carbocycles. The van der Waals surface area contributed by atoms with E-state index in [2.05, 4.69) is 5.16 Å². The maximum absolute atomic E-state index is 10.1. The first-order valence-corrected chi connectivity index (χ1v) is 6.76. The van der Waals surface area contributed by atoms with Crippen molar-refractivity contribution in [3.05, 3.63) is 65.5 Å². The second-order valence-corrected chi connectivity index (χ2v) is 4.68. The molecule has 0 saturated heterocycles. The zero-order chi connectivity index (χ0) is 14.8. The van der Waals surface area contributed by atoms with E-state index in [-0.39, 0.29) is 0 Å². The molecule has 1 heterocycles. The Morgan fingerprint density at radius 3 is 2.45 bits per heavy atom. The molecule has 0 aromatic heterocycles. The van der Waals surface area contributed by atoms with E-state index < -0.39 is 5.72 Å². The number of hydrogen-bond donors (Lipinski definition) is 2. The van der Waals surface area contributed by atoms with Gasteiger partial charge < -0.3 is 15.5 Å². The summed E-state index contributed by atoms with van der Waals surface area (Å²) in [5.41, 5.74) is 0.675. The molecule has 4 heteroatoms. The van der Waals surface area contributed by atoms with Gasteiger partial charge in [-0.3, -0.25) is 5.32 Å². The molecule has 1 aromatic rings. The minimum absolute atomic E-state index is 0.697. The van der Waals surface area contributed by atoms with Gasteiger partial charge in [0.2, 0.25) is 5.72 Å². The van der Waals surface area contributed by atoms with E-state index in [4.69, 9.17) is 0 Å². The lowest BCUT2D eigenvalue weighted by Crippen LogP contribution is -2.90. The maximum Gasteiger partial charge on any atom is 0.249 e. The Bertz CT molecular complexity index is 481. The summed E-state index contributed by atoms with van der Waals surface area (Å²) >= 11 is 0. The number of hydrogen-bond acceptors (Lipinski definition) is 3. The lowest BCUT2D eigenvalue weighted by Gasteiger charge is -2.22. The molecule has 0 radical (unpaired) electrons. The van der Waals surface area contributed by atoms with Crippen molar-refractivity contribution in [2.75, 3.05) is 0 Å². The number of quaternary nitrogens is 1. The maximum atomic E-state index is 10.1. The number of benzene rings is 1. The van der Waals surface area contributed by atoms with Crippen molar-refractivity contribution in [1.29, 1.82) is 0 Å². The summed E-state index contributed by atoms with van der Waals surface area (Å²) < 4.78 is 0. The largest absolute Gasteiger partial charge is 0.792 e. The molecule has 20 heavy (non-hydrogen) atoms. The SMILES string of the molecule is CCCC(C)=N[O-].OC1(c2ccccc2)C=CC=C[NH2+]1. The monoisotopic (exact) mass is 274 g/mol. The van der Waals surface area contributed by atoms with E-state index in [1.165, 1.54) is 0 Å². The number of rotatable bonds is 3. The van der Waals surface area contributed by atoms with Crippen LogP contribution in [0.15, 0.2) is 59.9 Å². The third-order valence-electron chi connectivity index (χ3n) is 2.93. The van der Waals surface area contributed by atoms with E-state index in [1.54, 1.807) is 18.3 Å². The first kappa shape index (κ1) is 16.1. The second-order valence-electron chi connectivity index (χ2n) is 4.68. The topological polar surface area (TPSA) is 72.3 Å². The van der Waals surface area contributed by atoms with Gasteiger partial charge in [-0.1, -0.05) is 37.6 Å². The molecule has 1 unspecified atom stereocenters. The molecular weight excluding hydrogens is 252 g/mol. The number of nitrogens with two attached hydrogens (primary N) is 1. The minimum Gasteiger partial charge on any atom is -0.792 e. The van der Waals surface area contributed by atoms with Crippen molar-refractivity contribution in [2.24, 2.45) is 5.16 Å². The molecule has 3 N–H and O–H groups in total. The lowest BCUT2D eigenvalue weighted by molar-refractivity contribution is -0.713. The van der Waals surface area contributed by atoms with Crippen molar-refractivity contribution in [3.63, 3.8) is 0 Å². The zero-order valence-corrected chi connectivity index (χ0v) is 12.0. The van der Waals surface area contributed by atoms with Gasteiger partial charge in [-0.15, -0.1) is 0 Å². The van der Waals surface area contributed by atoms with Gasteiger partial charge in [-0.2, -0.15) is 0 Å². The standard InChI is InChI=1S/C11H11NO.C5H11NO/c13-11(8-4-5-9-12-11)10-6-2-1-3-7-10;1-3-4-5(2)6-7/h1-9,12-13H;7H,3-4H2,1-2H3. The Balaban J connectivity index is 0.000000246. The van der Waals surface area contributed by atoms with Gasteiger partial charge in [0, 0.05) is 17.4 Å². The van der Waals surface area contributed by atoms with Crippen molar-refractivity contribution in [2.45, 2.75) is 32.4 Å². The van der Waals surface area contributed by atoms with E-state index >= 15 is 0 Å². The van der Waals surface area contributed by atoms with Crippen LogP contribution in [0.1, 0.15) is 32.3 Å². The van der Waals surface area contributed by atoms with Gasteiger partial charge in [0.05, 0.1) is 6.20 Å². The first-order chi connectivity index (χ1) is 9.62. The van der Waals surface area contributed by atoms with Gasteiger partial charge in [0.15, 0.2) is 0 Å². The third-order valence-corrected chi connectivity index (χ3v) is 2.93. The van der Waals surface area contributed by atoms with Crippen LogP contribution in [-0.2, 0) is 5.72 Å². The van der Waals surface area contributed by atoms with Gasteiger partial charge in [-0.05, 0) is 31.6 Å². The van der Waals surface area contributed by atoms with Crippen LogP contribution < -0.4 is 5.32 Å². The summed E-state index contributed by atoms with van der Waals surface area (Å²) in [5.74, 6) is 0. The Morgan fingerprint density at radius 1 is 1.30 bits per heavy atom. The highest BCUT2D eigenvalue weighted by Crippen LogP contribution is 2.15. The molecule has 1 aliphatic heterocycles. The molecule has 108 valence electrons. The van der Waals surface area contributed by atoms with Crippen LogP contribution in [0.3, 0.4) is 0 Å². The molecule has 0 saturated carbocycles. The van der Waals surface area contributed by atoms with Crippen LogP contribution in [-0.4, -0.2) is 10.8 Å². The fourth-order valence-corrected chi connectivity index (χ4v) is 1.83. The fourth-order valence-electron chi connectivity index (χ4n) is 1.83. The molecule has 1 aromatic carbocycles. The molecule has 1 atom stereocenters. The zero-order valence-electron chi connectivity index (χ0n) is 12.0. The average molecular weight is 274 g/mol. The summed E-state index contributed by atoms with van der Waals surface area (Å²) in [6.07, 6.45) is 9.24. The van der Waals surface area contributed by atoms with Gasteiger partial charge in [-0.25, -0.2) is 0 Å². The van der Waals surface area contributed by atoms with Crippen LogP contribution in [0.4, 0.5) is 0 Å². The van der Waals surface area contributed by atoms with Gasteiger partial charge in [0.1, 0.15) is 0 Å². The van der Waals surface area contributed by atoms with E-state index in [1.807, 2.05) is 55.6 Å². The highest BCUT2D eigenvalue weighted by atomic mass is 16.4. The van der Waals surface area contributed by atoms with Crippen molar-refractivity contribution >= 4 is 5.71 Å². The van der Waals surface area contributed by atoms with Crippen LogP contribution in [0.5, 0.6) is 0 Å². The highest BCUT2D eigenvalue weighted by Gasteiger charge is 2.29. The number of nitrogens with zero attached hydrogens (tertiary/aromatic N) is 1. The smallest absolute Gasteiger partial charge is 0.249 e. The van der Waals surface area contributed by atoms with E-state index in [0.29, 0.717) is 5.71 Å². The molecule has 0 amide bonds. The van der Waals surface area contributed by atoms with Crippen LogP contribution in [0.2, 0.25) is 0 Å². The fraction of sp³-hybridized carbons (Fsp3) is 0.312. The van der Waals surface area contributed by atoms with Gasteiger partial charge >= 0.3 is 0 Å². The Kier molecular flexibility index (Phi) is 6.70. The third kappa shape index (κ3) is 4.99. The summed E-state index contributed by atoms with van der Waals surface area (Å²) in [6, 6.07) is 9.62. The van der Waals surface area contributed by atoms with E-state index in [9.17, 15) is 10.3 Å². The van der Waals surface area contributed by atoms with Crippen molar-refractivity contribution in [1.82, 2.24) is 0 Å². The highest BCUT2D eigenvalue weighted by molar-refractivity contribution is 5.81. The molecule has 0 fully saturated rings.